The van der Waals surface area contributed by atoms with Gasteiger partial charge in [0.25, 0.3) is 15.0 Å². The second kappa shape index (κ2) is 5.84. The molecule has 1 aromatic heterocycles. The van der Waals surface area contributed by atoms with Crippen LogP contribution < -0.4 is 5.32 Å². The average molecular weight is 370 g/mol. The van der Waals surface area contributed by atoms with E-state index in [2.05, 4.69) is 15.0 Å². The third kappa shape index (κ3) is 3.32. The summed E-state index contributed by atoms with van der Waals surface area (Å²) in [6, 6.07) is 2.46. The molecule has 0 spiro atoms. The summed E-state index contributed by atoms with van der Waals surface area (Å²) in [5.41, 5.74) is 0.258. The molecule has 2 aromatic rings. The highest BCUT2D eigenvalue weighted by atomic mass is 35.7. The summed E-state index contributed by atoms with van der Waals surface area (Å²) in [6.45, 7) is 1.44. The van der Waals surface area contributed by atoms with Crippen LogP contribution in [0.15, 0.2) is 27.8 Å². The Morgan fingerprint density at radius 1 is 1.38 bits per heavy atom. The van der Waals surface area contributed by atoms with E-state index in [1.165, 1.54) is 19.3 Å². The van der Waals surface area contributed by atoms with Crippen LogP contribution in [0.5, 0.6) is 0 Å². The minimum absolute atomic E-state index is 0.0221. The highest BCUT2D eigenvalue weighted by Crippen LogP contribution is 2.38. The molecule has 0 saturated carbocycles. The molecule has 0 unspecified atom stereocenters. The summed E-state index contributed by atoms with van der Waals surface area (Å²) >= 11 is 12.0. The molecular weight excluding hydrogens is 363 g/mol. The number of carbonyl (C=O) groups is 1. The van der Waals surface area contributed by atoms with Crippen molar-refractivity contribution in [3.05, 3.63) is 39.7 Å². The van der Waals surface area contributed by atoms with E-state index < -0.39 is 15.0 Å². The molecule has 2 rings (SSSR count). The Morgan fingerprint density at radius 2 is 2.05 bits per heavy atom. The van der Waals surface area contributed by atoms with Gasteiger partial charge in [0.05, 0.1) is 20.6 Å². The van der Waals surface area contributed by atoms with E-state index in [-0.39, 0.29) is 31.9 Å². The average Bonchev–Trinajstić information content (AvgIpc) is 2.91. The van der Waals surface area contributed by atoms with Gasteiger partial charge in [-0.05, 0) is 18.6 Å². The summed E-state index contributed by atoms with van der Waals surface area (Å²) in [6.07, 6.45) is 1.23. The quantitative estimate of drug-likeness (QED) is 0.837. The highest BCUT2D eigenvalue weighted by molar-refractivity contribution is 8.13. The van der Waals surface area contributed by atoms with E-state index in [9.17, 15) is 13.2 Å². The van der Waals surface area contributed by atoms with Crippen LogP contribution in [0.25, 0.3) is 0 Å². The van der Waals surface area contributed by atoms with Crippen molar-refractivity contribution in [3.8, 4) is 0 Å². The van der Waals surface area contributed by atoms with Gasteiger partial charge in [0.15, 0.2) is 5.69 Å². The Bertz CT molecular complexity index is 803. The normalized spacial score (nSPS) is 11.4. The highest BCUT2D eigenvalue weighted by Gasteiger charge is 2.22. The monoisotopic (exact) mass is 368 g/mol. The predicted octanol–water partition coefficient (Wildman–Crippen LogP) is 3.47. The second-order valence-electron chi connectivity index (χ2n) is 3.95. The molecule has 1 aromatic carbocycles. The number of halogens is 3. The van der Waals surface area contributed by atoms with Gasteiger partial charge in [-0.2, -0.15) is 0 Å². The van der Waals surface area contributed by atoms with Crippen LogP contribution in [0.1, 0.15) is 16.1 Å². The van der Waals surface area contributed by atoms with E-state index in [0.717, 1.165) is 6.07 Å². The molecule has 1 N–H and O–H groups in total. The maximum absolute atomic E-state index is 11.9. The smallest absolute Gasteiger partial charge is 0.277 e. The van der Waals surface area contributed by atoms with Crippen LogP contribution in [-0.2, 0) is 9.05 Å². The first kappa shape index (κ1) is 16.1. The Balaban J connectivity index is 2.47. The number of hydrogen-bond acceptors (Lipinski definition) is 5. The van der Waals surface area contributed by atoms with E-state index in [4.69, 9.17) is 33.9 Å². The van der Waals surface area contributed by atoms with Crippen LogP contribution in [-0.4, -0.2) is 19.5 Å². The van der Waals surface area contributed by atoms with Crippen LogP contribution in [0.4, 0.5) is 5.69 Å². The number of nitrogens with zero attached hydrogens (tertiary/aromatic N) is 1. The molecule has 0 fully saturated rings. The van der Waals surface area contributed by atoms with E-state index in [0.29, 0.717) is 0 Å². The van der Waals surface area contributed by atoms with E-state index in [1.54, 1.807) is 0 Å². The largest absolute Gasteiger partial charge is 0.364 e. The maximum atomic E-state index is 11.9. The molecule has 1 heterocycles. The van der Waals surface area contributed by atoms with Gasteiger partial charge in [-0.1, -0.05) is 28.4 Å². The van der Waals surface area contributed by atoms with Gasteiger partial charge < -0.3 is 9.84 Å². The summed E-state index contributed by atoms with van der Waals surface area (Å²) < 4.78 is 27.4. The third-order valence-electron chi connectivity index (χ3n) is 2.59. The molecule has 1 amide bonds. The fourth-order valence-corrected chi connectivity index (χ4v) is 3.45. The van der Waals surface area contributed by atoms with Crippen molar-refractivity contribution in [1.29, 1.82) is 0 Å². The third-order valence-corrected chi connectivity index (χ3v) is 4.81. The number of hydrogen-bond donors (Lipinski definition) is 1. The minimum atomic E-state index is -4.00. The topological polar surface area (TPSA) is 89.3 Å². The number of rotatable bonds is 3. The second-order valence-corrected chi connectivity index (χ2v) is 7.27. The molecule has 0 aliphatic carbocycles. The van der Waals surface area contributed by atoms with Crippen molar-refractivity contribution < 1.29 is 17.7 Å². The zero-order valence-electron chi connectivity index (χ0n) is 10.4. The van der Waals surface area contributed by atoms with Crippen molar-refractivity contribution in [3.63, 3.8) is 0 Å². The van der Waals surface area contributed by atoms with Crippen molar-refractivity contribution in [2.75, 3.05) is 5.32 Å². The fraction of sp³-hybridized carbons (Fsp3) is 0.0909. The van der Waals surface area contributed by atoms with Crippen molar-refractivity contribution >= 4 is 54.5 Å². The molecule has 6 nitrogen and oxygen atoms in total. The number of amides is 1. The Labute approximate surface area is 134 Å². The molecule has 112 valence electrons. The van der Waals surface area contributed by atoms with Crippen LogP contribution in [0.2, 0.25) is 10.0 Å². The van der Waals surface area contributed by atoms with Crippen molar-refractivity contribution in [2.24, 2.45) is 0 Å². The van der Waals surface area contributed by atoms with Gasteiger partial charge in [-0.25, -0.2) is 8.42 Å². The number of nitrogens with one attached hydrogen (secondary N) is 1. The molecule has 0 bridgehead atoms. The van der Waals surface area contributed by atoms with Gasteiger partial charge in [0, 0.05) is 16.7 Å². The lowest BCUT2D eigenvalue weighted by atomic mass is 10.2. The van der Waals surface area contributed by atoms with E-state index in [1.807, 2.05) is 0 Å². The first-order valence-corrected chi connectivity index (χ1v) is 8.43. The molecule has 0 aliphatic heterocycles. The molecule has 0 aliphatic rings. The lowest BCUT2D eigenvalue weighted by Crippen LogP contribution is -2.13. The molecule has 0 radical (unpaired) electrons. The number of anilines is 1. The molecule has 21 heavy (non-hydrogen) atoms. The van der Waals surface area contributed by atoms with Gasteiger partial charge >= 0.3 is 0 Å². The molecule has 0 atom stereocenters. The van der Waals surface area contributed by atoms with Gasteiger partial charge in [-0.15, -0.1) is 0 Å². The van der Waals surface area contributed by atoms with Crippen LogP contribution >= 0.6 is 33.9 Å². The summed E-state index contributed by atoms with van der Waals surface area (Å²) in [5.74, 6) is -0.603. The zero-order valence-corrected chi connectivity index (χ0v) is 13.4. The van der Waals surface area contributed by atoms with Crippen molar-refractivity contribution in [1.82, 2.24) is 5.16 Å². The van der Waals surface area contributed by atoms with Gasteiger partial charge in [0.2, 0.25) is 0 Å². The van der Waals surface area contributed by atoms with Crippen LogP contribution in [0.3, 0.4) is 0 Å². The number of carbonyl (C=O) groups excluding carboxylic acids is 1. The number of benzene rings is 1. The zero-order chi connectivity index (χ0) is 15.8. The molecular formula is C11H7Cl3N2O4S. The number of aromatic nitrogens is 1. The Kier molecular flexibility index (Phi) is 4.48. The SMILES string of the molecule is Cc1c(S(=O)(=O)Cl)cc(Cl)c(NC(=O)c2ccon2)c1Cl. The predicted molar refractivity (Wildman–Crippen MR) is 78.7 cm³/mol. The van der Waals surface area contributed by atoms with Gasteiger partial charge in [-0.3, -0.25) is 4.79 Å². The standard InChI is InChI=1S/C11H7Cl3N2O4S/c1-5-8(21(14,18)19)4-6(12)10(9(5)13)15-11(17)7-2-3-20-16-7/h2-4H,1H3,(H,15,17). The first-order chi connectivity index (χ1) is 9.71. The Morgan fingerprint density at radius 3 is 2.57 bits per heavy atom. The molecule has 0 saturated heterocycles. The maximum Gasteiger partial charge on any atom is 0.277 e. The first-order valence-electron chi connectivity index (χ1n) is 5.37. The lowest BCUT2D eigenvalue weighted by Gasteiger charge is -2.13. The lowest BCUT2D eigenvalue weighted by molar-refractivity contribution is 0.101. The van der Waals surface area contributed by atoms with Crippen LogP contribution in [0, 0.1) is 6.92 Å². The van der Waals surface area contributed by atoms with E-state index >= 15 is 0 Å². The van der Waals surface area contributed by atoms with Gasteiger partial charge in [0.1, 0.15) is 6.26 Å². The summed E-state index contributed by atoms with van der Waals surface area (Å²) in [4.78, 5) is 11.7. The summed E-state index contributed by atoms with van der Waals surface area (Å²) in [7, 11) is 1.29. The van der Waals surface area contributed by atoms with Crippen molar-refractivity contribution in [2.45, 2.75) is 11.8 Å². The Hall–Kier alpha value is -1.28. The summed E-state index contributed by atoms with van der Waals surface area (Å²) in [5, 5.41) is 5.80. The molecule has 10 heteroatoms. The fourth-order valence-electron chi connectivity index (χ4n) is 1.57. The minimum Gasteiger partial charge on any atom is -0.364 e.